The topological polar surface area (TPSA) is 84.3 Å². The highest BCUT2D eigenvalue weighted by molar-refractivity contribution is 7.89. The summed E-state index contributed by atoms with van der Waals surface area (Å²) in [5.41, 5.74) is 1.32. The summed E-state index contributed by atoms with van der Waals surface area (Å²) in [6.07, 6.45) is 1.51. The fourth-order valence-electron chi connectivity index (χ4n) is 2.70. The number of para-hydroxylation sites is 1. The standard InChI is InChI=1S/C17H22N4O3S/c1-11(2)12(3)19-17(22)16-14-9-20(4)25(23,24)15-8-6-5-7-13(15)21(14)10-18-16/h5-8,10-12H,9H2,1-4H3,(H,19,22). The molecule has 0 aliphatic carbocycles. The Morgan fingerprint density at radius 3 is 2.60 bits per heavy atom. The first-order valence-electron chi connectivity index (χ1n) is 8.16. The van der Waals surface area contributed by atoms with Gasteiger partial charge in [-0.1, -0.05) is 26.0 Å². The van der Waals surface area contributed by atoms with Gasteiger partial charge in [0.2, 0.25) is 10.0 Å². The van der Waals surface area contributed by atoms with Crippen molar-refractivity contribution in [3.63, 3.8) is 0 Å². The van der Waals surface area contributed by atoms with E-state index >= 15 is 0 Å². The first-order chi connectivity index (χ1) is 11.7. The van der Waals surface area contributed by atoms with E-state index < -0.39 is 10.0 Å². The molecule has 25 heavy (non-hydrogen) atoms. The molecule has 1 aromatic carbocycles. The van der Waals surface area contributed by atoms with Crippen molar-refractivity contribution in [1.29, 1.82) is 0 Å². The van der Waals surface area contributed by atoms with Gasteiger partial charge < -0.3 is 5.32 Å². The van der Waals surface area contributed by atoms with E-state index in [1.165, 1.54) is 17.7 Å². The van der Waals surface area contributed by atoms with E-state index in [1.807, 2.05) is 20.8 Å². The van der Waals surface area contributed by atoms with Crippen molar-refractivity contribution in [2.24, 2.45) is 5.92 Å². The molecular weight excluding hydrogens is 340 g/mol. The smallest absolute Gasteiger partial charge is 0.272 e. The van der Waals surface area contributed by atoms with Crippen molar-refractivity contribution in [2.75, 3.05) is 7.05 Å². The van der Waals surface area contributed by atoms with E-state index in [0.29, 0.717) is 11.4 Å². The van der Waals surface area contributed by atoms with Crippen LogP contribution < -0.4 is 5.32 Å². The summed E-state index contributed by atoms with van der Waals surface area (Å²) in [7, 11) is -2.11. The molecule has 1 unspecified atom stereocenters. The van der Waals surface area contributed by atoms with Crippen LogP contribution in [0.1, 0.15) is 37.0 Å². The Hall–Kier alpha value is -2.19. The molecular formula is C17H22N4O3S. The Morgan fingerprint density at radius 2 is 1.92 bits per heavy atom. The van der Waals surface area contributed by atoms with Crippen LogP contribution >= 0.6 is 0 Å². The highest BCUT2D eigenvalue weighted by Crippen LogP contribution is 2.30. The zero-order valence-electron chi connectivity index (χ0n) is 14.7. The Labute approximate surface area is 147 Å². The van der Waals surface area contributed by atoms with Crippen LogP contribution in [0.3, 0.4) is 0 Å². The molecule has 0 saturated heterocycles. The Bertz CT molecular complexity index is 918. The summed E-state index contributed by atoms with van der Waals surface area (Å²) in [4.78, 5) is 17.1. The van der Waals surface area contributed by atoms with Gasteiger partial charge >= 0.3 is 0 Å². The molecule has 1 atom stereocenters. The molecule has 0 fully saturated rings. The number of hydrogen-bond acceptors (Lipinski definition) is 4. The van der Waals surface area contributed by atoms with Crippen molar-refractivity contribution in [2.45, 2.75) is 38.3 Å². The predicted molar refractivity (Wildman–Crippen MR) is 94.0 cm³/mol. The SMILES string of the molecule is CC(C)C(C)NC(=O)c1ncn2c1CN(C)S(=O)(=O)c1ccccc1-2. The molecule has 8 heteroatoms. The van der Waals surface area contributed by atoms with Gasteiger partial charge in [-0.15, -0.1) is 0 Å². The van der Waals surface area contributed by atoms with E-state index in [9.17, 15) is 13.2 Å². The number of nitrogens with one attached hydrogen (secondary N) is 1. The fourth-order valence-corrected chi connectivity index (χ4v) is 4.01. The summed E-state index contributed by atoms with van der Waals surface area (Å²) in [6, 6.07) is 6.73. The minimum absolute atomic E-state index is 0.00984. The number of sulfonamides is 1. The monoisotopic (exact) mass is 362 g/mol. The molecule has 2 heterocycles. The summed E-state index contributed by atoms with van der Waals surface area (Å²) in [6.45, 7) is 6.06. The van der Waals surface area contributed by atoms with Crippen molar-refractivity contribution >= 4 is 15.9 Å². The predicted octanol–water partition coefficient (Wildman–Crippen LogP) is 1.78. The Kier molecular flexibility index (Phi) is 4.42. The van der Waals surface area contributed by atoms with E-state index in [0.717, 1.165) is 0 Å². The second-order valence-corrected chi connectivity index (χ2v) is 8.66. The largest absolute Gasteiger partial charge is 0.348 e. The first-order valence-corrected chi connectivity index (χ1v) is 9.60. The number of rotatable bonds is 3. The van der Waals surface area contributed by atoms with Crippen molar-refractivity contribution in [3.8, 4) is 5.69 Å². The van der Waals surface area contributed by atoms with E-state index in [1.54, 1.807) is 28.8 Å². The zero-order valence-corrected chi connectivity index (χ0v) is 15.5. The minimum Gasteiger partial charge on any atom is -0.348 e. The van der Waals surface area contributed by atoms with Crippen LogP contribution in [0, 0.1) is 5.92 Å². The lowest BCUT2D eigenvalue weighted by atomic mass is 10.1. The third kappa shape index (κ3) is 2.96. The zero-order chi connectivity index (χ0) is 18.4. The van der Waals surface area contributed by atoms with Crippen molar-refractivity contribution in [1.82, 2.24) is 19.2 Å². The molecule has 7 nitrogen and oxygen atoms in total. The van der Waals surface area contributed by atoms with Crippen LogP contribution in [-0.2, 0) is 16.6 Å². The first kappa shape index (κ1) is 17.6. The van der Waals surface area contributed by atoms with Crippen molar-refractivity contribution in [3.05, 3.63) is 42.0 Å². The van der Waals surface area contributed by atoms with Crippen LogP contribution in [0.4, 0.5) is 0 Å². The Morgan fingerprint density at radius 1 is 1.24 bits per heavy atom. The number of aromatic nitrogens is 2. The number of hydrogen-bond donors (Lipinski definition) is 1. The van der Waals surface area contributed by atoms with Crippen LogP contribution in [0.15, 0.2) is 35.5 Å². The van der Waals surface area contributed by atoms with Gasteiger partial charge in [0.05, 0.1) is 17.9 Å². The average molecular weight is 362 g/mol. The lowest BCUT2D eigenvalue weighted by molar-refractivity contribution is 0.0924. The van der Waals surface area contributed by atoms with Gasteiger partial charge in [0, 0.05) is 13.1 Å². The van der Waals surface area contributed by atoms with Gasteiger partial charge in [0.15, 0.2) is 5.69 Å². The van der Waals surface area contributed by atoms with Gasteiger partial charge in [-0.2, -0.15) is 4.31 Å². The molecule has 1 aliphatic heterocycles. The summed E-state index contributed by atoms with van der Waals surface area (Å²) in [5, 5.41) is 2.93. The molecule has 1 aromatic heterocycles. The highest BCUT2D eigenvalue weighted by atomic mass is 32.2. The molecule has 2 aromatic rings. The molecule has 0 radical (unpaired) electrons. The Balaban J connectivity index is 2.10. The summed E-state index contributed by atoms with van der Waals surface area (Å²) < 4.78 is 28.4. The van der Waals surface area contributed by atoms with Crippen LogP contribution in [0.2, 0.25) is 0 Å². The molecule has 0 spiro atoms. The third-order valence-corrected chi connectivity index (χ3v) is 6.48. The number of carbonyl (C=O) groups excluding carboxylic acids is 1. The third-order valence-electron chi connectivity index (χ3n) is 4.63. The van der Waals surface area contributed by atoms with Crippen LogP contribution in [0.25, 0.3) is 5.69 Å². The molecule has 0 saturated carbocycles. The lowest BCUT2D eigenvalue weighted by Crippen LogP contribution is -2.37. The molecule has 1 N–H and O–H groups in total. The van der Waals surface area contributed by atoms with Gasteiger partial charge in [0.1, 0.15) is 11.2 Å². The fraction of sp³-hybridized carbons (Fsp3) is 0.412. The van der Waals surface area contributed by atoms with E-state index in [-0.39, 0.29) is 35.0 Å². The minimum atomic E-state index is -3.62. The average Bonchev–Trinajstić information content (AvgIpc) is 2.94. The number of imidazole rings is 1. The van der Waals surface area contributed by atoms with Gasteiger partial charge in [-0.05, 0) is 25.0 Å². The number of fused-ring (bicyclic) bond motifs is 3. The quantitative estimate of drug-likeness (QED) is 0.902. The number of nitrogens with zero attached hydrogens (tertiary/aromatic N) is 3. The van der Waals surface area contributed by atoms with Crippen LogP contribution in [-0.4, -0.2) is 41.3 Å². The maximum absolute atomic E-state index is 12.7. The second kappa shape index (κ2) is 6.27. The van der Waals surface area contributed by atoms with E-state index in [4.69, 9.17) is 0 Å². The summed E-state index contributed by atoms with van der Waals surface area (Å²) in [5.74, 6) is -0.00549. The highest BCUT2D eigenvalue weighted by Gasteiger charge is 2.32. The lowest BCUT2D eigenvalue weighted by Gasteiger charge is -2.18. The number of amides is 1. The van der Waals surface area contributed by atoms with Crippen LogP contribution in [0.5, 0.6) is 0 Å². The van der Waals surface area contributed by atoms with Gasteiger partial charge in [0.25, 0.3) is 5.91 Å². The van der Waals surface area contributed by atoms with Crippen molar-refractivity contribution < 1.29 is 13.2 Å². The van der Waals surface area contributed by atoms with Gasteiger partial charge in [-0.25, -0.2) is 13.4 Å². The molecule has 134 valence electrons. The van der Waals surface area contributed by atoms with E-state index in [2.05, 4.69) is 10.3 Å². The summed E-state index contributed by atoms with van der Waals surface area (Å²) >= 11 is 0. The second-order valence-electron chi connectivity index (χ2n) is 6.64. The molecule has 1 amide bonds. The molecule has 1 aliphatic rings. The maximum Gasteiger partial charge on any atom is 0.272 e. The molecule has 0 bridgehead atoms. The number of benzene rings is 1. The maximum atomic E-state index is 12.7. The number of carbonyl (C=O) groups is 1. The normalized spacial score (nSPS) is 17.5. The van der Waals surface area contributed by atoms with Gasteiger partial charge in [-0.3, -0.25) is 9.36 Å². The molecule has 3 rings (SSSR count).